The van der Waals surface area contributed by atoms with Crippen LogP contribution in [0.1, 0.15) is 49.9 Å². The predicted octanol–water partition coefficient (Wildman–Crippen LogP) is 19.9. The lowest BCUT2D eigenvalue weighted by Crippen LogP contribution is -2.18. The van der Waals surface area contributed by atoms with Crippen LogP contribution in [0, 0.1) is 0 Å². The molecule has 0 atom stereocenters. The fourth-order valence-electron chi connectivity index (χ4n) is 11.9. The van der Waals surface area contributed by atoms with E-state index in [2.05, 4.69) is 304 Å². The monoisotopic (exact) mass is 948 g/mol. The van der Waals surface area contributed by atoms with Crippen LogP contribution in [0.25, 0.3) is 66.8 Å². The second-order valence-corrected chi connectivity index (χ2v) is 21.0. The van der Waals surface area contributed by atoms with Crippen molar-refractivity contribution >= 4 is 34.1 Å². The van der Waals surface area contributed by atoms with Gasteiger partial charge in [-0.15, -0.1) is 0 Å². The van der Waals surface area contributed by atoms with Crippen molar-refractivity contribution in [2.45, 2.75) is 38.5 Å². The van der Waals surface area contributed by atoms with E-state index in [1.165, 1.54) is 77.9 Å². The van der Waals surface area contributed by atoms with E-state index in [-0.39, 0.29) is 10.8 Å². The van der Waals surface area contributed by atoms with Gasteiger partial charge in [-0.25, -0.2) is 0 Å². The first-order valence-corrected chi connectivity index (χ1v) is 25.9. The lowest BCUT2D eigenvalue weighted by atomic mass is 9.82. The van der Waals surface area contributed by atoms with Crippen LogP contribution in [0.5, 0.6) is 0 Å². The van der Waals surface area contributed by atoms with Gasteiger partial charge in [0.2, 0.25) is 0 Å². The van der Waals surface area contributed by atoms with Crippen molar-refractivity contribution in [1.29, 1.82) is 0 Å². The Labute approximate surface area is 436 Å². The van der Waals surface area contributed by atoms with Crippen molar-refractivity contribution in [3.63, 3.8) is 0 Å². The van der Waals surface area contributed by atoms with Gasteiger partial charge in [-0.3, -0.25) is 0 Å². The van der Waals surface area contributed by atoms with E-state index < -0.39 is 0 Å². The largest absolute Gasteiger partial charge is 0.311 e. The van der Waals surface area contributed by atoms with Crippen LogP contribution in [-0.4, -0.2) is 0 Å². The molecule has 11 aromatic carbocycles. The Morgan fingerprint density at radius 3 is 0.865 bits per heavy atom. The molecule has 0 unspecified atom stereocenters. The third-order valence-corrected chi connectivity index (χ3v) is 15.9. The Morgan fingerprint density at radius 2 is 0.473 bits per heavy atom. The Bertz CT molecular complexity index is 3740. The van der Waals surface area contributed by atoms with Gasteiger partial charge in [0, 0.05) is 45.0 Å². The highest BCUT2D eigenvalue weighted by molar-refractivity contribution is 5.89. The Balaban J connectivity index is 0.847. The zero-order valence-electron chi connectivity index (χ0n) is 42.3. The fraction of sp³-hybridized carbons (Fsp3) is 0.0833. The van der Waals surface area contributed by atoms with Crippen molar-refractivity contribution in [2.24, 2.45) is 0 Å². The van der Waals surface area contributed by atoms with Gasteiger partial charge in [-0.2, -0.15) is 0 Å². The summed E-state index contributed by atoms with van der Waals surface area (Å²) in [6.45, 7) is 9.46. The van der Waals surface area contributed by atoms with Gasteiger partial charge in [0.05, 0.1) is 0 Å². The molecule has 0 saturated carbocycles. The highest BCUT2D eigenvalue weighted by Gasteiger charge is 2.37. The third-order valence-electron chi connectivity index (χ3n) is 15.9. The molecule has 0 fully saturated rings. The quantitative estimate of drug-likeness (QED) is 0.135. The van der Waals surface area contributed by atoms with Gasteiger partial charge >= 0.3 is 0 Å². The minimum atomic E-state index is -0.120. The summed E-state index contributed by atoms with van der Waals surface area (Å²) < 4.78 is 0. The van der Waals surface area contributed by atoms with E-state index in [1.807, 2.05) is 0 Å². The number of rotatable bonds is 10. The topological polar surface area (TPSA) is 6.48 Å². The SMILES string of the molecule is CC1(C)c2ccccc2-c2ccc(N(c3ccc(-c4ccc(N(c5ccc(-c6ccccc6)cc5)c5ccc(-c6cccc(-c7ccccc7)c6)cc5)cc4)cc3)c3ccc4c(c3)C(C)(C)c3ccccc3-4)cc21. The minimum absolute atomic E-state index is 0.120. The van der Waals surface area contributed by atoms with Crippen molar-refractivity contribution in [1.82, 2.24) is 0 Å². The number of fused-ring (bicyclic) bond motifs is 6. The van der Waals surface area contributed by atoms with Crippen LogP contribution < -0.4 is 9.80 Å². The summed E-state index contributed by atoms with van der Waals surface area (Å²) in [5, 5.41) is 0. The fourth-order valence-corrected chi connectivity index (χ4v) is 11.9. The van der Waals surface area contributed by atoms with Gasteiger partial charge in [-0.05, 0) is 168 Å². The molecular weight excluding hydrogens is 893 g/mol. The average molecular weight is 949 g/mol. The van der Waals surface area contributed by atoms with Gasteiger partial charge in [-0.1, -0.05) is 216 Å². The first kappa shape index (κ1) is 44.9. The number of hydrogen-bond acceptors (Lipinski definition) is 2. The van der Waals surface area contributed by atoms with Gasteiger partial charge in [0.1, 0.15) is 0 Å². The van der Waals surface area contributed by atoms with Crippen LogP contribution in [0.3, 0.4) is 0 Å². The summed E-state index contributed by atoms with van der Waals surface area (Å²) in [6.07, 6.45) is 0. The summed E-state index contributed by atoms with van der Waals surface area (Å²) in [7, 11) is 0. The molecule has 2 nitrogen and oxygen atoms in total. The van der Waals surface area contributed by atoms with Crippen LogP contribution in [0.2, 0.25) is 0 Å². The first-order chi connectivity index (χ1) is 36.2. The molecule has 0 saturated heterocycles. The summed E-state index contributed by atoms with van der Waals surface area (Å²) in [5.74, 6) is 0. The predicted molar refractivity (Wildman–Crippen MR) is 313 cm³/mol. The van der Waals surface area contributed by atoms with Crippen molar-refractivity contribution in [3.8, 4) is 66.8 Å². The molecule has 11 aromatic rings. The lowest BCUT2D eigenvalue weighted by Gasteiger charge is -2.30. The molecule has 2 aliphatic rings. The van der Waals surface area contributed by atoms with E-state index >= 15 is 0 Å². The van der Waals surface area contributed by atoms with Crippen LogP contribution in [0.4, 0.5) is 34.1 Å². The molecule has 0 spiro atoms. The smallest absolute Gasteiger partial charge is 0.0465 e. The molecule has 0 aromatic heterocycles. The standard InChI is InChI=1S/C72H56N2/c1-71(2)67-24-13-11-22-63(67)65-44-42-61(47-69(65)71)74(62-43-45-66-64-23-12-14-25-68(64)72(3,4)70(66)48-62)60-38-30-53(31-39-60)52-28-36-58(37-29-52)73(57-34-26-51(27-35-57)49-16-7-5-8-17-49)59-40-32-54(33-41-59)56-21-15-20-55(46-56)50-18-9-6-10-19-50/h5-48H,1-4H3. The van der Waals surface area contributed by atoms with Gasteiger partial charge in [0.25, 0.3) is 0 Å². The highest BCUT2D eigenvalue weighted by atomic mass is 15.1. The molecule has 0 amide bonds. The van der Waals surface area contributed by atoms with E-state index in [0.717, 1.165) is 45.3 Å². The molecule has 2 heteroatoms. The molecule has 0 bridgehead atoms. The van der Waals surface area contributed by atoms with E-state index in [0.29, 0.717) is 0 Å². The maximum atomic E-state index is 2.46. The number of hydrogen-bond donors (Lipinski definition) is 0. The van der Waals surface area contributed by atoms with Crippen molar-refractivity contribution in [3.05, 3.63) is 289 Å². The van der Waals surface area contributed by atoms with Crippen LogP contribution >= 0.6 is 0 Å². The summed E-state index contributed by atoms with van der Waals surface area (Å²) in [4.78, 5) is 4.81. The van der Waals surface area contributed by atoms with Gasteiger partial charge in [0.15, 0.2) is 0 Å². The van der Waals surface area contributed by atoms with Crippen molar-refractivity contribution < 1.29 is 0 Å². The molecule has 74 heavy (non-hydrogen) atoms. The van der Waals surface area contributed by atoms with Crippen molar-refractivity contribution in [2.75, 3.05) is 9.80 Å². The second kappa shape index (κ2) is 17.9. The average Bonchev–Trinajstić information content (AvgIpc) is 3.83. The van der Waals surface area contributed by atoms with E-state index in [4.69, 9.17) is 0 Å². The number of nitrogens with zero attached hydrogens (tertiary/aromatic N) is 2. The zero-order chi connectivity index (χ0) is 50.0. The summed E-state index contributed by atoms with van der Waals surface area (Å²) in [6, 6.07) is 98.1. The maximum absolute atomic E-state index is 2.46. The number of anilines is 6. The molecule has 0 N–H and O–H groups in total. The molecule has 13 rings (SSSR count). The number of benzene rings is 11. The Morgan fingerprint density at radius 1 is 0.203 bits per heavy atom. The molecule has 0 heterocycles. The molecule has 2 aliphatic carbocycles. The molecular formula is C72H56N2. The summed E-state index contributed by atoms with van der Waals surface area (Å²) >= 11 is 0. The molecule has 354 valence electrons. The highest BCUT2D eigenvalue weighted by Crippen LogP contribution is 2.53. The summed E-state index contributed by atoms with van der Waals surface area (Å²) in [5.41, 5.74) is 26.8. The molecule has 0 aliphatic heterocycles. The Kier molecular flexibility index (Phi) is 10.9. The Hall–Kier alpha value is -8.98. The minimum Gasteiger partial charge on any atom is -0.311 e. The van der Waals surface area contributed by atoms with E-state index in [1.54, 1.807) is 0 Å². The molecule has 0 radical (unpaired) electrons. The zero-order valence-corrected chi connectivity index (χ0v) is 42.3. The van der Waals surface area contributed by atoms with E-state index in [9.17, 15) is 0 Å². The second-order valence-electron chi connectivity index (χ2n) is 21.0. The van der Waals surface area contributed by atoms with Crippen LogP contribution in [-0.2, 0) is 10.8 Å². The lowest BCUT2D eigenvalue weighted by molar-refractivity contribution is 0.660. The third kappa shape index (κ3) is 7.74. The van der Waals surface area contributed by atoms with Crippen LogP contribution in [0.15, 0.2) is 267 Å². The maximum Gasteiger partial charge on any atom is 0.0465 e. The first-order valence-electron chi connectivity index (χ1n) is 25.9. The normalized spacial score (nSPS) is 13.4. The van der Waals surface area contributed by atoms with Gasteiger partial charge < -0.3 is 9.80 Å².